The molecule has 1 atom stereocenters. The molecule has 1 aromatic carbocycles. The lowest BCUT2D eigenvalue weighted by Crippen LogP contribution is -2.43. The van der Waals surface area contributed by atoms with Gasteiger partial charge in [0.1, 0.15) is 5.75 Å². The molecule has 1 aromatic rings. The zero-order valence-corrected chi connectivity index (χ0v) is 14.6. The van der Waals surface area contributed by atoms with Crippen molar-refractivity contribution in [1.82, 2.24) is 4.31 Å². The maximum absolute atomic E-state index is 12.8. The summed E-state index contributed by atoms with van der Waals surface area (Å²) in [5, 5.41) is 0. The number of hydrogen-bond acceptors (Lipinski definition) is 4. The molecule has 0 amide bonds. The molecule has 0 saturated heterocycles. The highest BCUT2D eigenvalue weighted by molar-refractivity contribution is 7.89. The second kappa shape index (κ2) is 6.56. The summed E-state index contributed by atoms with van der Waals surface area (Å²) in [6, 6.07) is 4.89. The second-order valence-electron chi connectivity index (χ2n) is 6.26. The van der Waals surface area contributed by atoms with Gasteiger partial charge in [-0.1, -0.05) is 0 Å². The van der Waals surface area contributed by atoms with Crippen molar-refractivity contribution in [3.05, 3.63) is 23.8 Å². The molecule has 6 heteroatoms. The Bertz CT molecular complexity index is 624. The van der Waals surface area contributed by atoms with Crippen molar-refractivity contribution in [2.24, 2.45) is 11.7 Å². The fraction of sp³-hybridized carbons (Fsp3) is 0.625. The van der Waals surface area contributed by atoms with E-state index in [1.807, 2.05) is 20.8 Å². The van der Waals surface area contributed by atoms with Crippen LogP contribution in [0, 0.1) is 12.8 Å². The highest BCUT2D eigenvalue weighted by atomic mass is 32.2. The van der Waals surface area contributed by atoms with Crippen molar-refractivity contribution in [1.29, 1.82) is 0 Å². The van der Waals surface area contributed by atoms with Gasteiger partial charge >= 0.3 is 0 Å². The summed E-state index contributed by atoms with van der Waals surface area (Å²) in [5.74, 6) is 1.11. The quantitative estimate of drug-likeness (QED) is 0.833. The first-order valence-electron chi connectivity index (χ1n) is 7.72. The molecule has 0 aliphatic heterocycles. The Kier molecular flexibility index (Phi) is 5.14. The number of rotatable bonds is 7. The number of sulfonamides is 1. The van der Waals surface area contributed by atoms with Crippen molar-refractivity contribution in [3.63, 3.8) is 0 Å². The van der Waals surface area contributed by atoms with E-state index in [2.05, 4.69) is 0 Å². The molecule has 1 aliphatic carbocycles. The molecule has 1 saturated carbocycles. The molecule has 0 bridgehead atoms. The van der Waals surface area contributed by atoms with E-state index in [4.69, 9.17) is 10.5 Å². The molecule has 2 rings (SSSR count). The minimum atomic E-state index is -3.53. The molecule has 1 fully saturated rings. The molecule has 1 unspecified atom stereocenters. The topological polar surface area (TPSA) is 72.6 Å². The summed E-state index contributed by atoms with van der Waals surface area (Å²) >= 11 is 0. The lowest BCUT2D eigenvalue weighted by atomic mass is 10.2. The molecule has 1 aliphatic rings. The van der Waals surface area contributed by atoms with Crippen molar-refractivity contribution >= 4 is 10.0 Å². The van der Waals surface area contributed by atoms with Gasteiger partial charge in [0.05, 0.1) is 11.0 Å². The third-order valence-corrected chi connectivity index (χ3v) is 5.94. The third-order valence-electron chi connectivity index (χ3n) is 4.06. The number of nitrogens with two attached hydrogens (primary N) is 1. The maximum atomic E-state index is 12.8. The highest BCUT2D eigenvalue weighted by Gasteiger charge is 2.38. The Morgan fingerprint density at radius 3 is 2.45 bits per heavy atom. The van der Waals surface area contributed by atoms with Crippen LogP contribution in [0.1, 0.15) is 32.3 Å². The normalized spacial score (nSPS) is 17.0. The number of benzene rings is 1. The van der Waals surface area contributed by atoms with Gasteiger partial charge in [0.25, 0.3) is 0 Å². The standard InChI is InChI=1S/C16H26N2O3S/c1-11(2)21-16-8-7-14(9-12(16)3)22(19,20)18(4)15(10-17)13-5-6-13/h7-9,11,13,15H,5-6,10,17H2,1-4H3. The van der Waals surface area contributed by atoms with Gasteiger partial charge in [0, 0.05) is 19.6 Å². The average Bonchev–Trinajstić information content (AvgIpc) is 3.26. The van der Waals surface area contributed by atoms with Crippen LogP contribution in [0.5, 0.6) is 5.75 Å². The molecule has 2 N–H and O–H groups in total. The summed E-state index contributed by atoms with van der Waals surface area (Å²) in [6.45, 7) is 6.10. The first-order chi connectivity index (χ1) is 10.3. The molecule has 5 nitrogen and oxygen atoms in total. The van der Waals surface area contributed by atoms with E-state index in [9.17, 15) is 8.42 Å². The van der Waals surface area contributed by atoms with Crippen LogP contribution in [-0.2, 0) is 10.0 Å². The Balaban J connectivity index is 2.27. The van der Waals surface area contributed by atoms with E-state index < -0.39 is 10.0 Å². The first kappa shape index (κ1) is 17.2. The molecular formula is C16H26N2O3S. The molecule has 0 spiro atoms. The molecule has 22 heavy (non-hydrogen) atoms. The summed E-state index contributed by atoms with van der Waals surface area (Å²) in [7, 11) is -1.90. The van der Waals surface area contributed by atoms with E-state index >= 15 is 0 Å². The molecule has 0 radical (unpaired) electrons. The average molecular weight is 326 g/mol. The van der Waals surface area contributed by atoms with E-state index in [-0.39, 0.29) is 12.1 Å². The molecular weight excluding hydrogens is 300 g/mol. The van der Waals surface area contributed by atoms with Gasteiger partial charge in [-0.15, -0.1) is 0 Å². The fourth-order valence-corrected chi connectivity index (χ4v) is 4.14. The van der Waals surface area contributed by atoms with Gasteiger partial charge in [-0.3, -0.25) is 0 Å². The van der Waals surface area contributed by atoms with Crippen LogP contribution in [0.4, 0.5) is 0 Å². The van der Waals surface area contributed by atoms with Crippen LogP contribution in [0.2, 0.25) is 0 Å². The summed E-state index contributed by atoms with van der Waals surface area (Å²) in [5.41, 5.74) is 6.59. The zero-order chi connectivity index (χ0) is 16.5. The number of likely N-dealkylation sites (N-methyl/N-ethyl adjacent to an activating group) is 1. The van der Waals surface area contributed by atoms with Gasteiger partial charge in [0.15, 0.2) is 0 Å². The van der Waals surface area contributed by atoms with Crippen molar-refractivity contribution in [2.45, 2.75) is 50.7 Å². The number of ether oxygens (including phenoxy) is 1. The Labute approximate surface area is 133 Å². The largest absolute Gasteiger partial charge is 0.491 e. The van der Waals surface area contributed by atoms with Crippen molar-refractivity contribution in [2.75, 3.05) is 13.6 Å². The highest BCUT2D eigenvalue weighted by Crippen LogP contribution is 2.36. The summed E-state index contributed by atoms with van der Waals surface area (Å²) < 4.78 is 32.7. The Morgan fingerprint density at radius 1 is 1.36 bits per heavy atom. The fourth-order valence-electron chi connectivity index (χ4n) is 2.63. The Morgan fingerprint density at radius 2 is 2.00 bits per heavy atom. The van der Waals surface area contributed by atoms with Gasteiger partial charge in [-0.05, 0) is 63.3 Å². The second-order valence-corrected chi connectivity index (χ2v) is 8.25. The molecule has 0 heterocycles. The van der Waals surface area contributed by atoms with Crippen LogP contribution in [-0.4, -0.2) is 38.5 Å². The van der Waals surface area contributed by atoms with Crippen LogP contribution in [0.25, 0.3) is 0 Å². The smallest absolute Gasteiger partial charge is 0.243 e. The van der Waals surface area contributed by atoms with E-state index in [1.54, 1.807) is 25.2 Å². The van der Waals surface area contributed by atoms with Crippen molar-refractivity contribution in [3.8, 4) is 5.75 Å². The summed E-state index contributed by atoms with van der Waals surface area (Å²) in [6.07, 6.45) is 2.17. The lowest BCUT2D eigenvalue weighted by molar-refractivity contribution is 0.240. The van der Waals surface area contributed by atoms with Gasteiger partial charge < -0.3 is 10.5 Å². The van der Waals surface area contributed by atoms with Gasteiger partial charge in [0.2, 0.25) is 10.0 Å². The summed E-state index contributed by atoms with van der Waals surface area (Å²) in [4.78, 5) is 0.294. The van der Waals surface area contributed by atoms with Crippen LogP contribution >= 0.6 is 0 Å². The third kappa shape index (κ3) is 3.62. The van der Waals surface area contributed by atoms with Crippen LogP contribution in [0.15, 0.2) is 23.1 Å². The number of hydrogen-bond donors (Lipinski definition) is 1. The molecule has 124 valence electrons. The van der Waals surface area contributed by atoms with E-state index in [0.29, 0.717) is 23.1 Å². The first-order valence-corrected chi connectivity index (χ1v) is 9.16. The minimum Gasteiger partial charge on any atom is -0.491 e. The van der Waals surface area contributed by atoms with E-state index in [1.165, 1.54) is 4.31 Å². The van der Waals surface area contributed by atoms with E-state index in [0.717, 1.165) is 18.4 Å². The van der Waals surface area contributed by atoms with Crippen molar-refractivity contribution < 1.29 is 13.2 Å². The maximum Gasteiger partial charge on any atom is 0.243 e. The number of nitrogens with zero attached hydrogens (tertiary/aromatic N) is 1. The SMILES string of the molecule is Cc1cc(S(=O)(=O)N(C)C(CN)C2CC2)ccc1OC(C)C. The van der Waals surface area contributed by atoms with Gasteiger partial charge in [-0.25, -0.2) is 8.42 Å². The monoisotopic (exact) mass is 326 g/mol. The predicted octanol–water partition coefficient (Wildman–Crippen LogP) is 2.14. The predicted molar refractivity (Wildman–Crippen MR) is 87.5 cm³/mol. The lowest BCUT2D eigenvalue weighted by Gasteiger charge is -2.26. The zero-order valence-electron chi connectivity index (χ0n) is 13.7. The van der Waals surface area contributed by atoms with Crippen LogP contribution < -0.4 is 10.5 Å². The van der Waals surface area contributed by atoms with Crippen LogP contribution in [0.3, 0.4) is 0 Å². The van der Waals surface area contributed by atoms with Gasteiger partial charge in [-0.2, -0.15) is 4.31 Å². The number of aryl methyl sites for hydroxylation is 1. The molecule has 0 aromatic heterocycles. The minimum absolute atomic E-state index is 0.0558. The Hall–Kier alpha value is -1.11.